The second kappa shape index (κ2) is 7.96. The minimum Gasteiger partial charge on any atom is -0.361 e. The number of benzene rings is 1. The average Bonchev–Trinajstić information content (AvgIpc) is 2.92. The first-order chi connectivity index (χ1) is 12.1. The monoisotopic (exact) mass is 341 g/mol. The highest BCUT2D eigenvalue weighted by molar-refractivity contribution is 5.92. The summed E-state index contributed by atoms with van der Waals surface area (Å²) in [4.78, 5) is 28.5. The Labute approximate surface area is 147 Å². The molecular weight excluding hydrogens is 318 g/mol. The lowest BCUT2D eigenvalue weighted by atomic mass is 10.1. The Morgan fingerprint density at radius 1 is 1.08 bits per heavy atom. The van der Waals surface area contributed by atoms with E-state index in [4.69, 9.17) is 4.52 Å². The number of carbonyl (C=O) groups is 2. The van der Waals surface area contributed by atoms with E-state index >= 15 is 0 Å². The number of hydrogen-bond donors (Lipinski definition) is 0. The molecule has 1 aliphatic rings. The zero-order valence-corrected chi connectivity index (χ0v) is 14.5. The highest BCUT2D eigenvalue weighted by atomic mass is 16.5. The molecule has 6 nitrogen and oxygen atoms in total. The number of amides is 2. The van der Waals surface area contributed by atoms with Crippen molar-refractivity contribution < 1.29 is 14.1 Å². The van der Waals surface area contributed by atoms with Crippen molar-refractivity contribution in [1.82, 2.24) is 15.0 Å². The van der Waals surface area contributed by atoms with Gasteiger partial charge in [0.05, 0.1) is 0 Å². The Bertz CT molecular complexity index is 727. The summed E-state index contributed by atoms with van der Waals surface area (Å²) in [6.07, 6.45) is 2.02. The smallest absolute Gasteiger partial charge is 0.276 e. The molecule has 1 aromatic heterocycles. The quantitative estimate of drug-likeness (QED) is 0.856. The fourth-order valence-corrected chi connectivity index (χ4v) is 3.05. The maximum atomic E-state index is 12.5. The van der Waals surface area contributed by atoms with Crippen molar-refractivity contribution in [3.63, 3.8) is 0 Å². The molecule has 1 fully saturated rings. The van der Waals surface area contributed by atoms with E-state index < -0.39 is 0 Å². The third kappa shape index (κ3) is 4.47. The van der Waals surface area contributed by atoms with Crippen LogP contribution in [0, 0.1) is 6.92 Å². The fraction of sp³-hybridized carbons (Fsp3) is 0.421. The van der Waals surface area contributed by atoms with Crippen molar-refractivity contribution in [2.45, 2.75) is 26.2 Å². The summed E-state index contributed by atoms with van der Waals surface area (Å²) in [5.41, 5.74) is 1.50. The SMILES string of the molecule is Cc1cc(C(=O)N2CCCN(C(=O)CCc3ccccc3)CC2)no1. The highest BCUT2D eigenvalue weighted by Gasteiger charge is 2.24. The van der Waals surface area contributed by atoms with Crippen LogP contribution in [0.2, 0.25) is 0 Å². The topological polar surface area (TPSA) is 66.7 Å². The van der Waals surface area contributed by atoms with Gasteiger partial charge in [0.25, 0.3) is 5.91 Å². The fourth-order valence-electron chi connectivity index (χ4n) is 3.05. The molecule has 0 N–H and O–H groups in total. The molecule has 6 heteroatoms. The molecule has 0 bridgehead atoms. The largest absolute Gasteiger partial charge is 0.361 e. The number of rotatable bonds is 4. The van der Waals surface area contributed by atoms with Gasteiger partial charge in [0, 0.05) is 38.7 Å². The van der Waals surface area contributed by atoms with Gasteiger partial charge in [0.2, 0.25) is 5.91 Å². The van der Waals surface area contributed by atoms with Gasteiger partial charge in [-0.15, -0.1) is 0 Å². The van der Waals surface area contributed by atoms with Gasteiger partial charge in [0.15, 0.2) is 5.69 Å². The predicted molar refractivity (Wildman–Crippen MR) is 93.1 cm³/mol. The molecule has 0 saturated carbocycles. The maximum absolute atomic E-state index is 12.5. The van der Waals surface area contributed by atoms with E-state index in [1.807, 2.05) is 35.2 Å². The van der Waals surface area contributed by atoms with E-state index in [-0.39, 0.29) is 11.8 Å². The maximum Gasteiger partial charge on any atom is 0.276 e. The molecule has 2 aromatic rings. The van der Waals surface area contributed by atoms with Crippen molar-refractivity contribution in [3.05, 3.63) is 53.4 Å². The molecule has 3 rings (SSSR count). The number of aryl methyl sites for hydroxylation is 2. The van der Waals surface area contributed by atoms with Crippen LogP contribution in [0.15, 0.2) is 40.9 Å². The third-order valence-electron chi connectivity index (χ3n) is 4.45. The Hall–Kier alpha value is -2.63. The number of nitrogens with zero attached hydrogens (tertiary/aromatic N) is 3. The van der Waals surface area contributed by atoms with Crippen LogP contribution >= 0.6 is 0 Å². The highest BCUT2D eigenvalue weighted by Crippen LogP contribution is 2.11. The van der Waals surface area contributed by atoms with E-state index in [0.29, 0.717) is 44.1 Å². The standard InChI is InChI=1S/C19H23N3O3/c1-15-14-17(20-25-15)19(24)22-11-5-10-21(12-13-22)18(23)9-8-16-6-3-2-4-7-16/h2-4,6-7,14H,5,8-13H2,1H3. The van der Waals surface area contributed by atoms with E-state index in [9.17, 15) is 9.59 Å². The van der Waals surface area contributed by atoms with Gasteiger partial charge in [-0.2, -0.15) is 0 Å². The van der Waals surface area contributed by atoms with Crippen molar-refractivity contribution in [1.29, 1.82) is 0 Å². The van der Waals surface area contributed by atoms with Crippen LogP contribution in [0.4, 0.5) is 0 Å². The van der Waals surface area contributed by atoms with Crippen molar-refractivity contribution in [2.24, 2.45) is 0 Å². The molecule has 0 aliphatic carbocycles. The van der Waals surface area contributed by atoms with Crippen LogP contribution in [-0.2, 0) is 11.2 Å². The Kier molecular flexibility index (Phi) is 5.48. The van der Waals surface area contributed by atoms with Crippen molar-refractivity contribution in [2.75, 3.05) is 26.2 Å². The first-order valence-electron chi connectivity index (χ1n) is 8.68. The van der Waals surface area contributed by atoms with Crippen molar-refractivity contribution >= 4 is 11.8 Å². The summed E-state index contributed by atoms with van der Waals surface area (Å²) < 4.78 is 4.98. The summed E-state index contributed by atoms with van der Waals surface area (Å²) >= 11 is 0. The Balaban J connectivity index is 1.52. The summed E-state index contributed by atoms with van der Waals surface area (Å²) in [6.45, 7) is 4.18. The molecule has 0 spiro atoms. The Morgan fingerprint density at radius 2 is 1.80 bits per heavy atom. The molecular formula is C19H23N3O3. The van der Waals surface area contributed by atoms with Crippen LogP contribution in [0.25, 0.3) is 0 Å². The lowest BCUT2D eigenvalue weighted by molar-refractivity contribution is -0.131. The van der Waals surface area contributed by atoms with Gasteiger partial charge >= 0.3 is 0 Å². The van der Waals surface area contributed by atoms with Crippen LogP contribution < -0.4 is 0 Å². The van der Waals surface area contributed by atoms with Gasteiger partial charge in [-0.05, 0) is 25.3 Å². The first-order valence-corrected chi connectivity index (χ1v) is 8.68. The summed E-state index contributed by atoms with van der Waals surface area (Å²) in [5, 5.41) is 3.79. The van der Waals surface area contributed by atoms with E-state index in [2.05, 4.69) is 5.16 Å². The first kappa shape index (κ1) is 17.2. The molecule has 0 atom stereocenters. The van der Waals surface area contributed by atoms with E-state index in [1.54, 1.807) is 17.9 Å². The van der Waals surface area contributed by atoms with E-state index in [1.165, 1.54) is 5.56 Å². The van der Waals surface area contributed by atoms with Gasteiger partial charge in [-0.3, -0.25) is 9.59 Å². The predicted octanol–water partition coefficient (Wildman–Crippen LogP) is 2.29. The number of aromatic nitrogens is 1. The molecule has 0 unspecified atom stereocenters. The zero-order valence-electron chi connectivity index (χ0n) is 14.5. The minimum atomic E-state index is -0.129. The molecule has 132 valence electrons. The number of carbonyl (C=O) groups excluding carboxylic acids is 2. The van der Waals surface area contributed by atoms with Gasteiger partial charge in [0.1, 0.15) is 5.76 Å². The van der Waals surface area contributed by atoms with Gasteiger partial charge < -0.3 is 14.3 Å². The molecule has 25 heavy (non-hydrogen) atoms. The van der Waals surface area contributed by atoms with Crippen LogP contribution in [0.5, 0.6) is 0 Å². The minimum absolute atomic E-state index is 0.129. The normalized spacial score (nSPS) is 15.1. The van der Waals surface area contributed by atoms with Crippen LogP contribution in [0.1, 0.15) is 34.7 Å². The molecule has 1 saturated heterocycles. The second-order valence-corrected chi connectivity index (χ2v) is 6.33. The average molecular weight is 341 g/mol. The van der Waals surface area contributed by atoms with E-state index in [0.717, 1.165) is 12.8 Å². The lowest BCUT2D eigenvalue weighted by Gasteiger charge is -2.21. The molecule has 2 heterocycles. The molecule has 1 aliphatic heterocycles. The summed E-state index contributed by atoms with van der Waals surface area (Å²) in [7, 11) is 0. The van der Waals surface area contributed by atoms with Crippen LogP contribution in [0.3, 0.4) is 0 Å². The summed E-state index contributed by atoms with van der Waals surface area (Å²) in [5.74, 6) is 0.641. The third-order valence-corrected chi connectivity index (χ3v) is 4.45. The molecule has 1 aromatic carbocycles. The molecule has 0 radical (unpaired) electrons. The van der Waals surface area contributed by atoms with Gasteiger partial charge in [-0.1, -0.05) is 35.5 Å². The second-order valence-electron chi connectivity index (χ2n) is 6.33. The zero-order chi connectivity index (χ0) is 17.6. The van der Waals surface area contributed by atoms with Crippen molar-refractivity contribution in [3.8, 4) is 0 Å². The van der Waals surface area contributed by atoms with Gasteiger partial charge in [-0.25, -0.2) is 0 Å². The molecule has 2 amide bonds. The number of hydrogen-bond acceptors (Lipinski definition) is 4. The summed E-state index contributed by atoms with van der Waals surface area (Å²) in [6, 6.07) is 11.7. The Morgan fingerprint density at radius 3 is 2.52 bits per heavy atom. The van der Waals surface area contributed by atoms with Crippen LogP contribution in [-0.4, -0.2) is 52.9 Å². The lowest BCUT2D eigenvalue weighted by Crippen LogP contribution is -2.37.